The van der Waals surface area contributed by atoms with Gasteiger partial charge in [0.1, 0.15) is 0 Å². The van der Waals surface area contributed by atoms with Crippen LogP contribution in [-0.4, -0.2) is 17.2 Å². The van der Waals surface area contributed by atoms with Crippen LogP contribution < -0.4 is 15.4 Å². The molecule has 2 rings (SSSR count). The van der Waals surface area contributed by atoms with Crippen molar-refractivity contribution in [2.45, 2.75) is 26.3 Å². The highest BCUT2D eigenvalue weighted by Crippen LogP contribution is 2.18. The molecule has 0 fully saturated rings. The lowest BCUT2D eigenvalue weighted by atomic mass is 10.0. The van der Waals surface area contributed by atoms with Crippen molar-refractivity contribution in [3.8, 4) is 5.88 Å². The van der Waals surface area contributed by atoms with Crippen molar-refractivity contribution in [3.05, 3.63) is 53.7 Å². The number of aryl methyl sites for hydroxylation is 1. The molecule has 0 amide bonds. The topological polar surface area (TPSA) is 46.2 Å². The Labute approximate surface area is 136 Å². The number of hydrogen-bond acceptors (Lipinski definition) is 3. The van der Waals surface area contributed by atoms with Crippen molar-refractivity contribution < 1.29 is 4.74 Å². The van der Waals surface area contributed by atoms with E-state index in [-0.39, 0.29) is 6.04 Å². The Morgan fingerprint density at radius 1 is 1.23 bits per heavy atom. The van der Waals surface area contributed by atoms with E-state index in [1.807, 2.05) is 6.07 Å². The minimum atomic E-state index is 0.187. The Hall–Kier alpha value is -2.14. The Morgan fingerprint density at radius 2 is 1.95 bits per heavy atom. The van der Waals surface area contributed by atoms with Gasteiger partial charge >= 0.3 is 0 Å². The van der Waals surface area contributed by atoms with Gasteiger partial charge in [-0.1, -0.05) is 36.8 Å². The molecule has 0 saturated heterocycles. The van der Waals surface area contributed by atoms with E-state index in [0.29, 0.717) is 11.0 Å². The van der Waals surface area contributed by atoms with Gasteiger partial charge in [0.25, 0.3) is 0 Å². The van der Waals surface area contributed by atoms with Gasteiger partial charge in [0.05, 0.1) is 25.0 Å². The number of benzene rings is 1. The zero-order valence-electron chi connectivity index (χ0n) is 13.1. The van der Waals surface area contributed by atoms with Crippen LogP contribution in [0.2, 0.25) is 0 Å². The van der Waals surface area contributed by atoms with Gasteiger partial charge in [0, 0.05) is 6.07 Å². The molecule has 0 radical (unpaired) electrons. The molecule has 0 spiro atoms. The minimum Gasteiger partial charge on any atom is -0.481 e. The van der Waals surface area contributed by atoms with Crippen molar-refractivity contribution in [3.63, 3.8) is 0 Å². The molecular formula is C17H21N3OS. The highest BCUT2D eigenvalue weighted by molar-refractivity contribution is 7.80. The van der Waals surface area contributed by atoms with Gasteiger partial charge in [-0.3, -0.25) is 0 Å². The average molecular weight is 315 g/mol. The number of nitrogens with zero attached hydrogens (tertiary/aromatic N) is 1. The molecule has 0 aliphatic carbocycles. The second kappa shape index (κ2) is 7.75. The molecule has 22 heavy (non-hydrogen) atoms. The van der Waals surface area contributed by atoms with E-state index in [2.05, 4.69) is 53.7 Å². The Morgan fingerprint density at radius 3 is 2.50 bits per heavy atom. The highest BCUT2D eigenvalue weighted by atomic mass is 32.1. The van der Waals surface area contributed by atoms with E-state index >= 15 is 0 Å². The number of rotatable bonds is 5. The van der Waals surface area contributed by atoms with Crippen LogP contribution in [0.4, 0.5) is 5.69 Å². The van der Waals surface area contributed by atoms with Crippen LogP contribution in [0.3, 0.4) is 0 Å². The van der Waals surface area contributed by atoms with Crippen LogP contribution in [0, 0.1) is 6.92 Å². The number of methoxy groups -OCH3 is 1. The molecule has 1 atom stereocenters. The first kappa shape index (κ1) is 16.2. The first-order chi connectivity index (χ1) is 10.6. The van der Waals surface area contributed by atoms with Crippen molar-refractivity contribution in [1.82, 2.24) is 10.3 Å². The molecule has 0 bridgehead atoms. The van der Waals surface area contributed by atoms with Crippen molar-refractivity contribution in [2.24, 2.45) is 0 Å². The molecule has 1 aromatic heterocycles. The summed E-state index contributed by atoms with van der Waals surface area (Å²) in [4.78, 5) is 4.15. The summed E-state index contributed by atoms with van der Waals surface area (Å²) in [6, 6.07) is 12.4. The molecular weight excluding hydrogens is 294 g/mol. The first-order valence-corrected chi connectivity index (χ1v) is 7.67. The Kier molecular flexibility index (Phi) is 5.72. The summed E-state index contributed by atoms with van der Waals surface area (Å²) in [6.07, 6.45) is 2.64. The number of hydrogen-bond donors (Lipinski definition) is 2. The van der Waals surface area contributed by atoms with E-state index in [1.54, 1.807) is 19.4 Å². The maximum absolute atomic E-state index is 5.38. The molecule has 1 unspecified atom stereocenters. The summed E-state index contributed by atoms with van der Waals surface area (Å²) in [7, 11) is 1.59. The second-order valence-electron chi connectivity index (χ2n) is 5.06. The summed E-state index contributed by atoms with van der Waals surface area (Å²) >= 11 is 5.38. The number of pyridine rings is 1. The SMILES string of the molecule is CCC(NC(=S)Nc1ccc(OC)nc1)c1ccc(C)cc1. The van der Waals surface area contributed by atoms with E-state index in [9.17, 15) is 0 Å². The van der Waals surface area contributed by atoms with Gasteiger partial charge in [-0.15, -0.1) is 0 Å². The number of anilines is 1. The summed E-state index contributed by atoms with van der Waals surface area (Å²) in [6.45, 7) is 4.22. The third-order valence-electron chi connectivity index (χ3n) is 3.40. The number of ether oxygens (including phenoxy) is 1. The lowest BCUT2D eigenvalue weighted by molar-refractivity contribution is 0.398. The molecule has 5 heteroatoms. The van der Waals surface area contributed by atoms with Gasteiger partial charge in [0.15, 0.2) is 5.11 Å². The molecule has 0 saturated carbocycles. The van der Waals surface area contributed by atoms with Gasteiger partial charge in [0.2, 0.25) is 5.88 Å². The van der Waals surface area contributed by atoms with Crippen molar-refractivity contribution >= 4 is 23.0 Å². The maximum Gasteiger partial charge on any atom is 0.213 e. The zero-order chi connectivity index (χ0) is 15.9. The quantitative estimate of drug-likeness (QED) is 0.821. The second-order valence-corrected chi connectivity index (χ2v) is 5.47. The molecule has 1 heterocycles. The molecule has 2 N–H and O–H groups in total. The van der Waals surface area contributed by atoms with Crippen LogP contribution in [0.15, 0.2) is 42.6 Å². The monoisotopic (exact) mass is 315 g/mol. The number of aromatic nitrogens is 1. The van der Waals surface area contributed by atoms with E-state index in [1.165, 1.54) is 11.1 Å². The molecule has 0 aliphatic rings. The van der Waals surface area contributed by atoms with E-state index in [4.69, 9.17) is 17.0 Å². The van der Waals surface area contributed by atoms with Crippen LogP contribution in [-0.2, 0) is 0 Å². The fraction of sp³-hybridized carbons (Fsp3) is 0.294. The third-order valence-corrected chi connectivity index (χ3v) is 3.62. The van der Waals surface area contributed by atoms with Gasteiger partial charge in [-0.25, -0.2) is 4.98 Å². The Balaban J connectivity index is 1.98. The lowest BCUT2D eigenvalue weighted by Crippen LogP contribution is -2.32. The molecule has 0 aliphatic heterocycles. The highest BCUT2D eigenvalue weighted by Gasteiger charge is 2.10. The lowest BCUT2D eigenvalue weighted by Gasteiger charge is -2.20. The van der Waals surface area contributed by atoms with Crippen molar-refractivity contribution in [2.75, 3.05) is 12.4 Å². The molecule has 4 nitrogen and oxygen atoms in total. The Bertz CT molecular complexity index is 611. The largest absolute Gasteiger partial charge is 0.481 e. The molecule has 116 valence electrons. The smallest absolute Gasteiger partial charge is 0.213 e. The maximum atomic E-state index is 5.38. The number of thiocarbonyl (C=S) groups is 1. The molecule has 1 aromatic carbocycles. The average Bonchev–Trinajstić information content (AvgIpc) is 2.54. The van der Waals surface area contributed by atoms with Gasteiger partial charge < -0.3 is 15.4 Å². The predicted octanol–water partition coefficient (Wildman–Crippen LogP) is 3.84. The van der Waals surface area contributed by atoms with Crippen molar-refractivity contribution in [1.29, 1.82) is 0 Å². The van der Waals surface area contributed by atoms with Gasteiger partial charge in [-0.2, -0.15) is 0 Å². The summed E-state index contributed by atoms with van der Waals surface area (Å²) < 4.78 is 5.04. The van der Waals surface area contributed by atoms with Crippen LogP contribution >= 0.6 is 12.2 Å². The summed E-state index contributed by atoms with van der Waals surface area (Å²) in [5.74, 6) is 0.579. The first-order valence-electron chi connectivity index (χ1n) is 7.26. The predicted molar refractivity (Wildman–Crippen MR) is 94.4 cm³/mol. The van der Waals surface area contributed by atoms with Crippen LogP contribution in [0.25, 0.3) is 0 Å². The van der Waals surface area contributed by atoms with Crippen LogP contribution in [0.1, 0.15) is 30.5 Å². The number of nitrogens with one attached hydrogen (secondary N) is 2. The minimum absolute atomic E-state index is 0.187. The third kappa shape index (κ3) is 4.43. The summed E-state index contributed by atoms with van der Waals surface area (Å²) in [5, 5.41) is 7.07. The fourth-order valence-corrected chi connectivity index (χ4v) is 2.38. The zero-order valence-corrected chi connectivity index (χ0v) is 13.9. The van der Waals surface area contributed by atoms with Crippen LogP contribution in [0.5, 0.6) is 5.88 Å². The van der Waals surface area contributed by atoms with E-state index in [0.717, 1.165) is 12.1 Å². The summed E-state index contributed by atoms with van der Waals surface area (Å²) in [5.41, 5.74) is 3.31. The normalized spacial score (nSPS) is 11.6. The standard InChI is InChI=1S/C17H21N3OS/c1-4-15(13-7-5-12(2)6-8-13)20-17(22)19-14-9-10-16(21-3)18-11-14/h5-11,15H,4H2,1-3H3,(H2,19,20,22). The molecule has 2 aromatic rings. The van der Waals surface area contributed by atoms with Gasteiger partial charge in [-0.05, 0) is 37.2 Å². The fourth-order valence-electron chi connectivity index (χ4n) is 2.12. The van der Waals surface area contributed by atoms with E-state index < -0.39 is 0 Å².